The van der Waals surface area contributed by atoms with Crippen LogP contribution in [0, 0.1) is 0 Å². The quantitative estimate of drug-likeness (QED) is 0.321. The Morgan fingerprint density at radius 1 is 0.941 bits per heavy atom. The number of anilines is 1. The van der Waals surface area contributed by atoms with E-state index < -0.39 is 29.0 Å². The maximum Gasteiger partial charge on any atom is 0.445 e. The Kier molecular flexibility index (Phi) is 6.08. The van der Waals surface area contributed by atoms with E-state index in [1.54, 1.807) is 12.1 Å². The van der Waals surface area contributed by atoms with Gasteiger partial charge in [-0.1, -0.05) is 47.2 Å². The van der Waals surface area contributed by atoms with E-state index in [2.05, 4.69) is 20.6 Å². The summed E-state index contributed by atoms with van der Waals surface area (Å²) >= 11 is 6.30. The summed E-state index contributed by atoms with van der Waals surface area (Å²) in [6.07, 6.45) is -9.40. The highest BCUT2D eigenvalue weighted by Crippen LogP contribution is 2.35. The van der Waals surface area contributed by atoms with Gasteiger partial charge in [0.1, 0.15) is 0 Å². The molecule has 2 aromatic heterocycles. The first-order chi connectivity index (χ1) is 15.9. The minimum Gasteiger partial charge on any atom is -0.296 e. The van der Waals surface area contributed by atoms with Crippen LogP contribution in [-0.2, 0) is 12.4 Å². The van der Waals surface area contributed by atoms with Gasteiger partial charge in [0.2, 0.25) is 10.1 Å². The molecule has 0 aliphatic heterocycles. The van der Waals surface area contributed by atoms with Crippen molar-refractivity contribution >= 4 is 34.0 Å². The third-order valence-corrected chi connectivity index (χ3v) is 5.61. The zero-order valence-electron chi connectivity index (χ0n) is 16.4. The Morgan fingerprint density at radius 3 is 2.21 bits per heavy atom. The Hall–Kier alpha value is -3.45. The molecule has 0 spiro atoms. The molecule has 4 rings (SSSR count). The van der Waals surface area contributed by atoms with Crippen molar-refractivity contribution in [1.29, 1.82) is 0 Å². The largest absolute Gasteiger partial charge is 0.445 e. The van der Waals surface area contributed by atoms with Gasteiger partial charge in [-0.05, 0) is 30.3 Å². The molecule has 1 amide bonds. The topological polar surface area (TPSA) is 72.7 Å². The zero-order chi connectivity index (χ0) is 24.7. The van der Waals surface area contributed by atoms with Crippen LogP contribution in [0.2, 0.25) is 5.02 Å². The van der Waals surface area contributed by atoms with E-state index in [0.29, 0.717) is 0 Å². The lowest BCUT2D eigenvalue weighted by Gasteiger charge is -2.10. The molecule has 0 bridgehead atoms. The number of nitrogens with zero attached hydrogens (tertiary/aromatic N) is 4. The maximum atomic E-state index is 13.3. The minimum atomic E-state index is -4.71. The predicted molar refractivity (Wildman–Crippen MR) is 112 cm³/mol. The second kappa shape index (κ2) is 8.72. The molecule has 0 aliphatic rings. The van der Waals surface area contributed by atoms with Crippen LogP contribution in [0.5, 0.6) is 0 Å². The Labute approximate surface area is 195 Å². The average molecular weight is 518 g/mol. The molecule has 0 aliphatic carbocycles. The van der Waals surface area contributed by atoms with Crippen LogP contribution in [0.1, 0.15) is 21.1 Å². The Balaban J connectivity index is 1.64. The van der Waals surface area contributed by atoms with Crippen molar-refractivity contribution < 1.29 is 31.1 Å². The van der Waals surface area contributed by atoms with Gasteiger partial charge in [-0.25, -0.2) is 4.68 Å². The fourth-order valence-electron chi connectivity index (χ4n) is 2.88. The number of nitrogens with one attached hydrogen (secondary N) is 1. The Bertz CT molecular complexity index is 1350. The first-order valence-electron chi connectivity index (χ1n) is 9.18. The summed E-state index contributed by atoms with van der Waals surface area (Å²) in [5.41, 5.74) is -0.539. The van der Waals surface area contributed by atoms with Crippen molar-refractivity contribution in [3.05, 3.63) is 75.9 Å². The van der Waals surface area contributed by atoms with E-state index in [1.807, 2.05) is 0 Å². The number of carbonyl (C=O) groups excluding carboxylic acids is 1. The van der Waals surface area contributed by atoms with Crippen LogP contribution < -0.4 is 5.32 Å². The third-order valence-electron chi connectivity index (χ3n) is 4.41. The first-order valence-corrected chi connectivity index (χ1v) is 10.4. The molecule has 0 fully saturated rings. The molecule has 14 heteroatoms. The van der Waals surface area contributed by atoms with Crippen molar-refractivity contribution in [1.82, 2.24) is 20.0 Å². The van der Waals surface area contributed by atoms with Crippen molar-refractivity contribution in [2.75, 3.05) is 5.32 Å². The number of carbonyl (C=O) groups is 1. The number of aromatic nitrogens is 4. The van der Waals surface area contributed by atoms with Crippen LogP contribution in [0.4, 0.5) is 31.5 Å². The van der Waals surface area contributed by atoms with Gasteiger partial charge in [0.05, 0.1) is 16.4 Å². The van der Waals surface area contributed by atoms with Crippen LogP contribution >= 0.6 is 22.9 Å². The second-order valence-corrected chi connectivity index (χ2v) is 8.10. The molecule has 2 aromatic carbocycles. The summed E-state index contributed by atoms with van der Waals surface area (Å²) in [5.74, 6) is -0.771. The number of alkyl halides is 6. The van der Waals surface area contributed by atoms with Crippen LogP contribution in [0.3, 0.4) is 0 Å². The molecule has 0 saturated carbocycles. The Morgan fingerprint density at radius 2 is 1.62 bits per heavy atom. The highest BCUT2D eigenvalue weighted by Gasteiger charge is 2.36. The smallest absolute Gasteiger partial charge is 0.296 e. The van der Waals surface area contributed by atoms with E-state index in [1.165, 1.54) is 36.4 Å². The van der Waals surface area contributed by atoms with E-state index in [0.717, 1.165) is 10.7 Å². The molecule has 176 valence electrons. The molecule has 0 radical (unpaired) electrons. The number of benzene rings is 2. The van der Waals surface area contributed by atoms with E-state index >= 15 is 0 Å². The molecule has 6 nitrogen and oxygen atoms in total. The highest BCUT2D eigenvalue weighted by atomic mass is 35.5. The predicted octanol–water partition coefficient (Wildman–Crippen LogP) is 6.33. The number of para-hydroxylation sites is 1. The minimum absolute atomic E-state index is 0.0346. The van der Waals surface area contributed by atoms with Gasteiger partial charge >= 0.3 is 12.4 Å². The van der Waals surface area contributed by atoms with Crippen molar-refractivity contribution in [2.24, 2.45) is 0 Å². The molecule has 0 atom stereocenters. The highest BCUT2D eigenvalue weighted by molar-refractivity contribution is 7.15. The van der Waals surface area contributed by atoms with Gasteiger partial charge in [-0.15, -0.1) is 10.2 Å². The lowest BCUT2D eigenvalue weighted by atomic mass is 10.1. The number of amides is 1. The number of halogens is 7. The lowest BCUT2D eigenvalue weighted by molar-refractivity contribution is -0.141. The monoisotopic (exact) mass is 517 g/mol. The fourth-order valence-corrected chi connectivity index (χ4v) is 3.70. The van der Waals surface area contributed by atoms with Crippen LogP contribution in [0.25, 0.3) is 16.9 Å². The summed E-state index contributed by atoms with van der Waals surface area (Å²) < 4.78 is 78.9. The van der Waals surface area contributed by atoms with Crippen LogP contribution in [0.15, 0.2) is 54.6 Å². The van der Waals surface area contributed by atoms with E-state index in [9.17, 15) is 31.1 Å². The summed E-state index contributed by atoms with van der Waals surface area (Å²) in [6.45, 7) is 0. The van der Waals surface area contributed by atoms with E-state index in [4.69, 9.17) is 11.6 Å². The van der Waals surface area contributed by atoms with Gasteiger partial charge in [0.15, 0.2) is 5.69 Å². The van der Waals surface area contributed by atoms with Gasteiger partial charge in [-0.3, -0.25) is 10.1 Å². The van der Waals surface area contributed by atoms with Gasteiger partial charge in [0.25, 0.3) is 5.91 Å². The third kappa shape index (κ3) is 4.89. The van der Waals surface area contributed by atoms with Crippen LogP contribution in [-0.4, -0.2) is 25.9 Å². The number of hydrogen-bond acceptors (Lipinski definition) is 5. The fraction of sp³-hybridized carbons (Fsp3) is 0.100. The first kappa shape index (κ1) is 23.7. The zero-order valence-corrected chi connectivity index (χ0v) is 18.0. The molecule has 4 aromatic rings. The van der Waals surface area contributed by atoms with Gasteiger partial charge < -0.3 is 0 Å². The molecular weight excluding hydrogens is 508 g/mol. The second-order valence-electron chi connectivity index (χ2n) is 6.72. The van der Waals surface area contributed by atoms with Gasteiger partial charge in [0, 0.05) is 11.1 Å². The van der Waals surface area contributed by atoms with Gasteiger partial charge in [-0.2, -0.15) is 31.4 Å². The molecule has 1 N–H and O–H groups in total. The SMILES string of the molecule is O=C(Nc1nnc(C(F)(F)F)s1)c1ccc(-c2cc(C(F)(F)F)nn2-c2ccccc2Cl)cc1. The molecule has 34 heavy (non-hydrogen) atoms. The molecule has 0 saturated heterocycles. The van der Waals surface area contributed by atoms with Crippen molar-refractivity contribution in [3.8, 4) is 16.9 Å². The molecular formula is C20H10ClF6N5OS. The standard InChI is InChI=1S/C20H10ClF6N5OS/c21-12-3-1-2-4-13(12)32-14(9-15(31-32)19(22,23)24)10-5-7-11(8-6-10)16(33)28-18-30-29-17(34-18)20(25,26)27/h1-9H,(H,28,30,33). The number of hydrogen-bond donors (Lipinski definition) is 1. The summed E-state index contributed by atoms with van der Waals surface area (Å²) in [6, 6.07) is 12.4. The summed E-state index contributed by atoms with van der Waals surface area (Å²) in [4.78, 5) is 12.4. The summed E-state index contributed by atoms with van der Waals surface area (Å²) in [7, 11) is 0. The van der Waals surface area contributed by atoms with E-state index in [-0.39, 0.29) is 44.0 Å². The average Bonchev–Trinajstić information content (AvgIpc) is 3.41. The number of rotatable bonds is 4. The normalized spacial score (nSPS) is 12.1. The molecule has 2 heterocycles. The molecule has 0 unspecified atom stereocenters. The maximum absolute atomic E-state index is 13.3. The van der Waals surface area contributed by atoms with Crippen molar-refractivity contribution in [3.63, 3.8) is 0 Å². The van der Waals surface area contributed by atoms with Crippen molar-refractivity contribution in [2.45, 2.75) is 12.4 Å². The summed E-state index contributed by atoms with van der Waals surface area (Å²) in [5, 5.41) is 10.7. The lowest BCUT2D eigenvalue weighted by Crippen LogP contribution is -2.11.